The first-order chi connectivity index (χ1) is 16.9. The van der Waals surface area contributed by atoms with Gasteiger partial charge in [0.2, 0.25) is 0 Å². The number of piperidine rings is 1. The Morgan fingerprint density at radius 2 is 1.54 bits per heavy atom. The topological polar surface area (TPSA) is 26.7 Å². The van der Waals surface area contributed by atoms with E-state index >= 15 is 0 Å². The minimum atomic E-state index is -0.707. The molecule has 0 saturated carbocycles. The van der Waals surface area contributed by atoms with Crippen molar-refractivity contribution in [3.63, 3.8) is 0 Å². The predicted molar refractivity (Wildman–Crippen MR) is 147 cm³/mol. The number of benzene rings is 3. The normalized spacial score (nSPS) is 16.9. The van der Waals surface area contributed by atoms with Crippen LogP contribution < -0.4 is 0 Å². The first-order valence-corrected chi connectivity index (χ1v) is 13.4. The lowest BCUT2D eigenvalue weighted by molar-refractivity contribution is -0.0263. The van der Waals surface area contributed by atoms with Crippen LogP contribution in [0.4, 0.5) is 0 Å². The van der Waals surface area contributed by atoms with Gasteiger partial charge in [0, 0.05) is 19.6 Å². The van der Waals surface area contributed by atoms with E-state index in [-0.39, 0.29) is 0 Å². The molecule has 0 amide bonds. The zero-order chi connectivity index (χ0) is 24.7. The molecule has 1 unspecified atom stereocenters. The molecule has 1 heterocycles. The van der Waals surface area contributed by atoms with E-state index in [1.807, 2.05) is 42.5 Å². The second-order valence-corrected chi connectivity index (χ2v) is 10.7. The fraction of sp³-hybridized carbons (Fsp3) is 0.400. The van der Waals surface area contributed by atoms with E-state index in [4.69, 9.17) is 23.2 Å². The fourth-order valence-electron chi connectivity index (χ4n) is 5.12. The van der Waals surface area contributed by atoms with E-state index in [0.29, 0.717) is 16.0 Å². The number of halogens is 2. The van der Waals surface area contributed by atoms with E-state index in [1.54, 1.807) is 0 Å². The highest BCUT2D eigenvalue weighted by Gasteiger charge is 2.33. The van der Waals surface area contributed by atoms with Gasteiger partial charge >= 0.3 is 0 Å². The third-order valence-electron chi connectivity index (χ3n) is 7.36. The number of hydrogen-bond donors (Lipinski definition) is 1. The smallest absolute Gasteiger partial charge is 0.0920 e. The summed E-state index contributed by atoms with van der Waals surface area (Å²) in [6.07, 6.45) is 3.66. The average molecular weight is 512 g/mol. The summed E-state index contributed by atoms with van der Waals surface area (Å²) in [6, 6.07) is 26.8. The largest absolute Gasteiger partial charge is 0.385 e. The lowest BCUT2D eigenvalue weighted by atomic mass is 9.84. The highest BCUT2D eigenvalue weighted by atomic mass is 35.5. The summed E-state index contributed by atoms with van der Waals surface area (Å²) in [4.78, 5) is 4.89. The second-order valence-electron chi connectivity index (χ2n) is 9.91. The van der Waals surface area contributed by atoms with Gasteiger partial charge < -0.3 is 14.9 Å². The Balaban J connectivity index is 1.35. The van der Waals surface area contributed by atoms with Crippen molar-refractivity contribution in [3.8, 4) is 0 Å². The van der Waals surface area contributed by atoms with E-state index in [9.17, 15) is 5.11 Å². The summed E-state index contributed by atoms with van der Waals surface area (Å²) < 4.78 is 0. The molecule has 1 atom stereocenters. The first-order valence-electron chi connectivity index (χ1n) is 12.6. The molecule has 35 heavy (non-hydrogen) atoms. The van der Waals surface area contributed by atoms with Crippen LogP contribution in [-0.2, 0) is 12.1 Å². The molecule has 0 spiro atoms. The number of rotatable bonds is 10. The van der Waals surface area contributed by atoms with Gasteiger partial charge in [0.1, 0.15) is 0 Å². The van der Waals surface area contributed by atoms with Crippen LogP contribution in [0.1, 0.15) is 48.3 Å². The second kappa shape index (κ2) is 12.4. The molecule has 1 aliphatic heterocycles. The van der Waals surface area contributed by atoms with Crippen LogP contribution in [0.5, 0.6) is 0 Å². The number of nitrogens with zero attached hydrogens (tertiary/aromatic N) is 2. The predicted octanol–water partition coefficient (Wildman–Crippen LogP) is 6.97. The van der Waals surface area contributed by atoms with Gasteiger partial charge in [0.25, 0.3) is 0 Å². The van der Waals surface area contributed by atoms with E-state index in [0.717, 1.165) is 64.0 Å². The minimum absolute atomic E-state index is 0.401. The van der Waals surface area contributed by atoms with Crippen LogP contribution in [0.3, 0.4) is 0 Å². The molecular weight excluding hydrogens is 475 g/mol. The third-order valence-corrected chi connectivity index (χ3v) is 8.10. The fourth-order valence-corrected chi connectivity index (χ4v) is 5.42. The van der Waals surface area contributed by atoms with Crippen LogP contribution >= 0.6 is 23.2 Å². The van der Waals surface area contributed by atoms with Crippen molar-refractivity contribution >= 4 is 23.2 Å². The van der Waals surface area contributed by atoms with Crippen molar-refractivity contribution in [1.82, 2.24) is 9.80 Å². The van der Waals surface area contributed by atoms with Crippen LogP contribution in [0.25, 0.3) is 0 Å². The maximum Gasteiger partial charge on any atom is 0.0920 e. The third kappa shape index (κ3) is 7.31. The molecule has 0 aromatic heterocycles. The number of likely N-dealkylation sites (tertiary alicyclic amines) is 1. The molecule has 3 aromatic rings. The molecule has 0 bridgehead atoms. The van der Waals surface area contributed by atoms with Gasteiger partial charge in [-0.2, -0.15) is 0 Å². The van der Waals surface area contributed by atoms with Gasteiger partial charge in [-0.15, -0.1) is 0 Å². The summed E-state index contributed by atoms with van der Waals surface area (Å²) in [5.74, 6) is 0.401. The van der Waals surface area contributed by atoms with Crippen LogP contribution in [0, 0.1) is 0 Å². The van der Waals surface area contributed by atoms with Crippen molar-refractivity contribution in [2.24, 2.45) is 0 Å². The monoisotopic (exact) mass is 510 g/mol. The Morgan fingerprint density at radius 1 is 0.886 bits per heavy atom. The molecule has 4 rings (SSSR count). The highest BCUT2D eigenvalue weighted by molar-refractivity contribution is 6.42. The van der Waals surface area contributed by atoms with Gasteiger partial charge in [-0.3, -0.25) is 0 Å². The number of aliphatic hydroxyl groups is 1. The Labute approximate surface area is 220 Å². The highest BCUT2D eigenvalue weighted by Crippen LogP contribution is 2.34. The molecule has 1 saturated heterocycles. The van der Waals surface area contributed by atoms with E-state index in [1.165, 1.54) is 11.1 Å². The van der Waals surface area contributed by atoms with Crippen molar-refractivity contribution < 1.29 is 5.11 Å². The summed E-state index contributed by atoms with van der Waals surface area (Å²) in [7, 11) is 2.19. The number of hydrogen-bond acceptors (Lipinski definition) is 3. The van der Waals surface area contributed by atoms with Crippen molar-refractivity contribution in [3.05, 3.63) is 106 Å². The van der Waals surface area contributed by atoms with Gasteiger partial charge in [0.15, 0.2) is 0 Å². The summed E-state index contributed by atoms with van der Waals surface area (Å²) in [5.41, 5.74) is 2.92. The molecule has 3 aromatic carbocycles. The molecule has 0 aliphatic carbocycles. The van der Waals surface area contributed by atoms with Crippen LogP contribution in [-0.4, -0.2) is 48.1 Å². The molecule has 186 valence electrons. The van der Waals surface area contributed by atoms with Gasteiger partial charge in [-0.25, -0.2) is 0 Å². The Morgan fingerprint density at radius 3 is 2.20 bits per heavy atom. The zero-order valence-electron chi connectivity index (χ0n) is 20.5. The van der Waals surface area contributed by atoms with Gasteiger partial charge in [-0.1, -0.05) is 89.9 Å². The van der Waals surface area contributed by atoms with Crippen molar-refractivity contribution in [1.29, 1.82) is 0 Å². The lowest BCUT2D eigenvalue weighted by Crippen LogP contribution is -2.43. The SMILES string of the molecule is CN(CCC(CCN1CCC(O)(c2ccccc2)CC1)c1ccc(Cl)c(Cl)c1)Cc1ccccc1. The molecule has 0 radical (unpaired) electrons. The van der Waals surface area contributed by atoms with E-state index in [2.05, 4.69) is 53.2 Å². The van der Waals surface area contributed by atoms with Gasteiger partial charge in [0.05, 0.1) is 15.6 Å². The van der Waals surface area contributed by atoms with Gasteiger partial charge in [-0.05, 0) is 80.6 Å². The maximum atomic E-state index is 11.2. The molecule has 1 N–H and O–H groups in total. The first kappa shape index (κ1) is 26.2. The maximum absolute atomic E-state index is 11.2. The quantitative estimate of drug-likeness (QED) is 0.318. The summed E-state index contributed by atoms with van der Waals surface area (Å²) in [6.45, 7) is 4.78. The molecular formula is C30H36Cl2N2O. The zero-order valence-corrected chi connectivity index (χ0v) is 22.1. The molecule has 1 aliphatic rings. The Hall–Kier alpha value is -1.88. The minimum Gasteiger partial charge on any atom is -0.385 e. The lowest BCUT2D eigenvalue weighted by Gasteiger charge is -2.39. The molecule has 3 nitrogen and oxygen atoms in total. The standard InChI is InChI=1S/C30H36Cl2N2O/c1-33(23-24-8-4-2-5-9-24)18-14-25(26-12-13-28(31)29(32)22-26)15-19-34-20-16-30(35,17-21-34)27-10-6-3-7-11-27/h2-13,22,25,35H,14-21,23H2,1H3. The molecule has 1 fully saturated rings. The van der Waals surface area contributed by atoms with Crippen molar-refractivity contribution in [2.45, 2.75) is 43.7 Å². The van der Waals surface area contributed by atoms with Crippen molar-refractivity contribution in [2.75, 3.05) is 33.2 Å². The summed E-state index contributed by atoms with van der Waals surface area (Å²) in [5, 5.41) is 12.4. The Bertz CT molecular complexity index is 1050. The Kier molecular flexibility index (Phi) is 9.27. The summed E-state index contributed by atoms with van der Waals surface area (Å²) >= 11 is 12.6. The van der Waals surface area contributed by atoms with E-state index < -0.39 is 5.60 Å². The van der Waals surface area contributed by atoms with Crippen LogP contribution in [0.2, 0.25) is 10.0 Å². The molecule has 5 heteroatoms. The van der Waals surface area contributed by atoms with Crippen LogP contribution in [0.15, 0.2) is 78.9 Å². The average Bonchev–Trinajstić information content (AvgIpc) is 2.88.